The Balaban J connectivity index is 1.99. The second-order valence-corrected chi connectivity index (χ2v) is 6.95. The predicted octanol–water partition coefficient (Wildman–Crippen LogP) is 2.93. The second-order valence-electron chi connectivity index (χ2n) is 5.96. The number of thioether (sulfide) groups is 1. The molecule has 0 aromatic heterocycles. The van der Waals surface area contributed by atoms with Crippen LogP contribution < -0.4 is 11.1 Å². The monoisotopic (exact) mass is 346 g/mol. The molecule has 0 saturated heterocycles. The number of alkyl halides is 3. The number of hydrogen-bond donors (Lipinski definition) is 2. The van der Waals surface area contributed by atoms with Crippen LogP contribution in [0, 0.1) is 0 Å². The van der Waals surface area contributed by atoms with E-state index in [1.54, 1.807) is 17.8 Å². The lowest BCUT2D eigenvalue weighted by atomic mass is 9.94. The number of hydrogen-bond acceptors (Lipinski definition) is 3. The maximum Gasteiger partial charge on any atom is 0.416 e. The summed E-state index contributed by atoms with van der Waals surface area (Å²) in [4.78, 5) is 12.0. The minimum absolute atomic E-state index is 0.239. The Labute approximate surface area is 138 Å². The topological polar surface area (TPSA) is 55.1 Å². The summed E-state index contributed by atoms with van der Waals surface area (Å²) in [6.45, 7) is 0.333. The van der Waals surface area contributed by atoms with E-state index < -0.39 is 17.8 Å². The van der Waals surface area contributed by atoms with Gasteiger partial charge in [-0.2, -0.15) is 24.9 Å². The Morgan fingerprint density at radius 2 is 2.13 bits per heavy atom. The van der Waals surface area contributed by atoms with Crippen molar-refractivity contribution in [2.75, 3.05) is 18.6 Å². The number of halogens is 3. The number of carbonyl (C=O) groups excluding carboxylic acids is 1. The van der Waals surface area contributed by atoms with E-state index in [2.05, 4.69) is 5.32 Å². The lowest BCUT2D eigenvalue weighted by Crippen LogP contribution is -2.43. The summed E-state index contributed by atoms with van der Waals surface area (Å²) < 4.78 is 38.5. The summed E-state index contributed by atoms with van der Waals surface area (Å²) in [5, 5.41) is 2.80. The Morgan fingerprint density at radius 1 is 1.43 bits per heavy atom. The van der Waals surface area contributed by atoms with E-state index in [9.17, 15) is 18.0 Å². The quantitative estimate of drug-likeness (QED) is 0.798. The highest BCUT2D eigenvalue weighted by Crippen LogP contribution is 2.48. The SMILES string of the molecule is CSCC[C@H](N)C(=O)NCC1(c2cccc(C(F)(F)F)c2)CC1. The van der Waals surface area contributed by atoms with Crippen molar-refractivity contribution in [1.82, 2.24) is 5.32 Å². The molecule has 128 valence electrons. The average Bonchev–Trinajstić information content (AvgIpc) is 3.31. The number of benzene rings is 1. The summed E-state index contributed by atoms with van der Waals surface area (Å²) in [5.41, 5.74) is 5.40. The molecule has 1 aliphatic rings. The highest BCUT2D eigenvalue weighted by atomic mass is 32.2. The van der Waals surface area contributed by atoms with Gasteiger partial charge in [0, 0.05) is 12.0 Å². The summed E-state index contributed by atoms with van der Waals surface area (Å²) >= 11 is 1.62. The largest absolute Gasteiger partial charge is 0.416 e. The van der Waals surface area contributed by atoms with Crippen molar-refractivity contribution in [3.05, 3.63) is 35.4 Å². The fourth-order valence-electron chi connectivity index (χ4n) is 2.51. The van der Waals surface area contributed by atoms with Gasteiger partial charge in [0.2, 0.25) is 5.91 Å². The van der Waals surface area contributed by atoms with Crippen LogP contribution in [0.25, 0.3) is 0 Å². The van der Waals surface area contributed by atoms with E-state index in [0.717, 1.165) is 24.7 Å². The van der Waals surface area contributed by atoms with Crippen molar-refractivity contribution in [3.8, 4) is 0 Å². The molecule has 1 atom stereocenters. The number of carbonyl (C=O) groups is 1. The Hall–Kier alpha value is -1.21. The van der Waals surface area contributed by atoms with Crippen LogP contribution in [0.1, 0.15) is 30.4 Å². The van der Waals surface area contributed by atoms with Crippen LogP contribution in [-0.4, -0.2) is 30.5 Å². The van der Waals surface area contributed by atoms with Gasteiger partial charge in [0.05, 0.1) is 11.6 Å². The van der Waals surface area contributed by atoms with Crippen LogP contribution in [-0.2, 0) is 16.4 Å². The highest BCUT2D eigenvalue weighted by molar-refractivity contribution is 7.98. The van der Waals surface area contributed by atoms with Gasteiger partial charge in [-0.25, -0.2) is 0 Å². The van der Waals surface area contributed by atoms with Crippen LogP contribution in [0.15, 0.2) is 24.3 Å². The minimum atomic E-state index is -4.35. The van der Waals surface area contributed by atoms with Crippen molar-refractivity contribution < 1.29 is 18.0 Å². The van der Waals surface area contributed by atoms with Crippen molar-refractivity contribution in [1.29, 1.82) is 0 Å². The van der Waals surface area contributed by atoms with E-state index in [1.807, 2.05) is 6.26 Å². The van der Waals surface area contributed by atoms with Gasteiger partial charge in [-0.3, -0.25) is 4.79 Å². The average molecular weight is 346 g/mol. The maximum atomic E-state index is 12.8. The molecule has 0 bridgehead atoms. The molecule has 2 rings (SSSR count). The van der Waals surface area contributed by atoms with Gasteiger partial charge in [-0.15, -0.1) is 0 Å². The smallest absolute Gasteiger partial charge is 0.354 e. The third-order valence-electron chi connectivity index (χ3n) is 4.23. The zero-order valence-electron chi connectivity index (χ0n) is 13.0. The molecule has 1 aliphatic carbocycles. The molecule has 1 aromatic carbocycles. The first-order valence-electron chi connectivity index (χ1n) is 7.48. The molecular formula is C16H21F3N2OS. The van der Waals surface area contributed by atoms with Crippen LogP contribution >= 0.6 is 11.8 Å². The van der Waals surface area contributed by atoms with Crippen molar-refractivity contribution in [3.63, 3.8) is 0 Å². The van der Waals surface area contributed by atoms with Gasteiger partial charge < -0.3 is 11.1 Å². The van der Waals surface area contributed by atoms with Crippen molar-refractivity contribution in [2.24, 2.45) is 5.73 Å². The van der Waals surface area contributed by atoms with Crippen LogP contribution in [0.4, 0.5) is 13.2 Å². The Morgan fingerprint density at radius 3 is 2.70 bits per heavy atom. The molecule has 7 heteroatoms. The zero-order chi connectivity index (χ0) is 17.1. The molecule has 1 saturated carbocycles. The van der Waals surface area contributed by atoms with Gasteiger partial charge in [0.1, 0.15) is 0 Å². The van der Waals surface area contributed by atoms with E-state index in [1.165, 1.54) is 12.1 Å². The molecule has 3 N–H and O–H groups in total. The number of nitrogens with one attached hydrogen (secondary N) is 1. The highest BCUT2D eigenvalue weighted by Gasteiger charge is 2.45. The molecule has 1 fully saturated rings. The number of nitrogens with two attached hydrogens (primary N) is 1. The van der Waals surface area contributed by atoms with Gasteiger partial charge >= 0.3 is 6.18 Å². The van der Waals surface area contributed by atoms with Gasteiger partial charge in [-0.1, -0.05) is 18.2 Å². The standard InChI is InChI=1S/C16H21F3N2OS/c1-23-8-5-13(20)14(22)21-10-15(6-7-15)11-3-2-4-12(9-11)16(17,18)19/h2-4,9,13H,5-8,10,20H2,1H3,(H,21,22)/t13-/m0/s1. The molecule has 3 nitrogen and oxygen atoms in total. The lowest BCUT2D eigenvalue weighted by Gasteiger charge is -2.20. The molecule has 0 radical (unpaired) electrons. The molecule has 0 spiro atoms. The summed E-state index contributed by atoms with van der Waals surface area (Å²) in [7, 11) is 0. The van der Waals surface area contributed by atoms with Gasteiger partial charge in [-0.05, 0) is 42.9 Å². The summed E-state index contributed by atoms with van der Waals surface area (Å²) in [6, 6.07) is 4.80. The minimum Gasteiger partial charge on any atom is -0.354 e. The molecule has 0 heterocycles. The summed E-state index contributed by atoms with van der Waals surface area (Å²) in [6.07, 6.45) is -0.278. The van der Waals surface area contributed by atoms with Crippen molar-refractivity contribution in [2.45, 2.75) is 36.9 Å². The fraction of sp³-hybridized carbons (Fsp3) is 0.562. The number of rotatable bonds is 7. The molecule has 1 amide bonds. The van der Waals surface area contributed by atoms with Crippen LogP contribution in [0.2, 0.25) is 0 Å². The molecule has 0 aliphatic heterocycles. The van der Waals surface area contributed by atoms with Crippen molar-refractivity contribution >= 4 is 17.7 Å². The molecule has 0 unspecified atom stereocenters. The summed E-state index contributed by atoms with van der Waals surface area (Å²) in [5.74, 6) is 0.560. The van der Waals surface area contributed by atoms with Crippen LogP contribution in [0.3, 0.4) is 0 Å². The van der Waals surface area contributed by atoms with E-state index in [-0.39, 0.29) is 11.3 Å². The van der Waals surface area contributed by atoms with Gasteiger partial charge in [0.15, 0.2) is 0 Å². The Kier molecular flexibility index (Phi) is 5.62. The van der Waals surface area contributed by atoms with E-state index in [0.29, 0.717) is 18.5 Å². The first-order valence-corrected chi connectivity index (χ1v) is 8.88. The third-order valence-corrected chi connectivity index (χ3v) is 4.87. The molecule has 23 heavy (non-hydrogen) atoms. The maximum absolute atomic E-state index is 12.8. The third kappa shape index (κ3) is 4.64. The molecule has 1 aromatic rings. The predicted molar refractivity (Wildman–Crippen MR) is 86.3 cm³/mol. The number of amides is 1. The van der Waals surface area contributed by atoms with Gasteiger partial charge in [0.25, 0.3) is 0 Å². The first-order chi connectivity index (χ1) is 10.8. The van der Waals surface area contributed by atoms with E-state index in [4.69, 9.17) is 5.73 Å². The Bertz CT molecular complexity index is 559. The second kappa shape index (κ2) is 7.13. The van der Waals surface area contributed by atoms with E-state index >= 15 is 0 Å². The fourth-order valence-corrected chi connectivity index (χ4v) is 3.00. The first kappa shape index (κ1) is 18.1. The zero-order valence-corrected chi connectivity index (χ0v) is 13.8. The molecular weight excluding hydrogens is 325 g/mol. The lowest BCUT2D eigenvalue weighted by molar-refractivity contribution is -0.137. The normalized spacial score (nSPS) is 17.6. The van der Waals surface area contributed by atoms with Crippen LogP contribution in [0.5, 0.6) is 0 Å².